The van der Waals surface area contributed by atoms with E-state index in [4.69, 9.17) is 5.73 Å². The molecule has 0 aliphatic carbocycles. The molecule has 82 valence electrons. The van der Waals surface area contributed by atoms with Crippen LogP contribution in [0, 0.1) is 6.92 Å². The van der Waals surface area contributed by atoms with E-state index >= 15 is 0 Å². The molecule has 0 aromatic heterocycles. The Bertz CT molecular complexity index is 371. The van der Waals surface area contributed by atoms with Crippen LogP contribution in [0.25, 0.3) is 0 Å². The number of hydrogen-bond donors (Lipinski definition) is 2. The quantitative estimate of drug-likeness (QED) is 0.775. The lowest BCUT2D eigenvalue weighted by molar-refractivity contribution is 0.543. The third-order valence-corrected chi connectivity index (χ3v) is 2.91. The number of rotatable bonds is 2. The zero-order valence-corrected chi connectivity index (χ0v) is 9.67. The molecule has 1 heterocycles. The molecule has 0 radical (unpaired) electrons. The van der Waals surface area contributed by atoms with Crippen molar-refractivity contribution in [2.24, 2.45) is 5.73 Å². The summed E-state index contributed by atoms with van der Waals surface area (Å²) < 4.78 is 0. The Balaban J connectivity index is 2.40. The average Bonchev–Trinajstić information content (AvgIpc) is 2.37. The first-order chi connectivity index (χ1) is 7.04. The molecule has 3 heteroatoms. The maximum absolute atomic E-state index is 5.65. The zero-order valence-electron chi connectivity index (χ0n) is 9.67. The van der Waals surface area contributed by atoms with Crippen LogP contribution in [-0.2, 0) is 0 Å². The first kappa shape index (κ1) is 10.3. The van der Waals surface area contributed by atoms with Crippen molar-refractivity contribution in [3.8, 4) is 0 Å². The third-order valence-electron chi connectivity index (χ3n) is 2.91. The fourth-order valence-corrected chi connectivity index (χ4v) is 2.21. The van der Waals surface area contributed by atoms with Gasteiger partial charge < -0.3 is 16.0 Å². The average molecular weight is 205 g/mol. The zero-order chi connectivity index (χ0) is 11.1. The molecule has 1 aromatic carbocycles. The van der Waals surface area contributed by atoms with Gasteiger partial charge in [0, 0.05) is 13.1 Å². The van der Waals surface area contributed by atoms with Gasteiger partial charge >= 0.3 is 0 Å². The largest absolute Gasteiger partial charge is 0.361 e. The minimum atomic E-state index is -0.0322. The van der Waals surface area contributed by atoms with E-state index < -0.39 is 0 Å². The number of fused-ring (bicyclic) bond motifs is 1. The van der Waals surface area contributed by atoms with Crippen LogP contribution in [0.15, 0.2) is 18.2 Å². The van der Waals surface area contributed by atoms with Crippen LogP contribution in [-0.4, -0.2) is 18.8 Å². The molecule has 0 unspecified atom stereocenters. The van der Waals surface area contributed by atoms with E-state index in [1.165, 1.54) is 16.9 Å². The second-order valence-corrected chi connectivity index (χ2v) is 4.64. The number of benzene rings is 1. The van der Waals surface area contributed by atoms with Crippen molar-refractivity contribution in [1.29, 1.82) is 0 Å². The maximum Gasteiger partial charge on any atom is 0.105 e. The van der Waals surface area contributed by atoms with Crippen molar-refractivity contribution in [3.63, 3.8) is 0 Å². The lowest BCUT2D eigenvalue weighted by atomic mass is 10.2. The van der Waals surface area contributed by atoms with Gasteiger partial charge in [0.2, 0.25) is 0 Å². The minimum Gasteiger partial charge on any atom is -0.361 e. The summed E-state index contributed by atoms with van der Waals surface area (Å²) in [7, 11) is 0. The fourth-order valence-electron chi connectivity index (χ4n) is 2.21. The Morgan fingerprint density at radius 1 is 1.40 bits per heavy atom. The first-order valence-corrected chi connectivity index (χ1v) is 5.41. The molecule has 0 spiro atoms. The van der Waals surface area contributed by atoms with Gasteiger partial charge in [-0.1, -0.05) is 6.07 Å². The van der Waals surface area contributed by atoms with Crippen LogP contribution >= 0.6 is 0 Å². The number of nitrogens with one attached hydrogen (secondary N) is 1. The van der Waals surface area contributed by atoms with E-state index in [0.29, 0.717) is 6.54 Å². The standard InChI is InChI=1S/C12H19N3/c1-9-4-5-11-10(8-9)14-12(2,3)15(11)7-6-13/h4-5,8,14H,6-7,13H2,1-3H3. The van der Waals surface area contributed by atoms with Gasteiger partial charge in [0.15, 0.2) is 0 Å². The number of nitrogens with two attached hydrogens (primary N) is 1. The van der Waals surface area contributed by atoms with Gasteiger partial charge in [-0.15, -0.1) is 0 Å². The van der Waals surface area contributed by atoms with Crippen molar-refractivity contribution in [2.45, 2.75) is 26.4 Å². The molecule has 0 saturated carbocycles. The fraction of sp³-hybridized carbons (Fsp3) is 0.500. The summed E-state index contributed by atoms with van der Waals surface area (Å²) in [5.41, 5.74) is 9.38. The topological polar surface area (TPSA) is 41.3 Å². The van der Waals surface area contributed by atoms with Crippen molar-refractivity contribution in [1.82, 2.24) is 0 Å². The summed E-state index contributed by atoms with van der Waals surface area (Å²) in [4.78, 5) is 2.32. The van der Waals surface area contributed by atoms with E-state index in [1.54, 1.807) is 0 Å². The molecule has 0 amide bonds. The van der Waals surface area contributed by atoms with Gasteiger partial charge in [-0.25, -0.2) is 0 Å². The Hall–Kier alpha value is -1.22. The molecule has 1 aromatic rings. The monoisotopic (exact) mass is 205 g/mol. The normalized spacial score (nSPS) is 17.5. The van der Waals surface area contributed by atoms with Crippen LogP contribution in [0.1, 0.15) is 19.4 Å². The highest BCUT2D eigenvalue weighted by Gasteiger charge is 2.34. The lowest BCUT2D eigenvalue weighted by Gasteiger charge is -2.33. The molecule has 15 heavy (non-hydrogen) atoms. The van der Waals surface area contributed by atoms with E-state index in [-0.39, 0.29) is 5.66 Å². The predicted molar refractivity (Wildman–Crippen MR) is 65.3 cm³/mol. The van der Waals surface area contributed by atoms with E-state index in [1.807, 2.05) is 0 Å². The summed E-state index contributed by atoms with van der Waals surface area (Å²) in [6.45, 7) is 8.03. The van der Waals surface area contributed by atoms with Gasteiger partial charge in [0.05, 0.1) is 11.4 Å². The number of aryl methyl sites for hydroxylation is 1. The van der Waals surface area contributed by atoms with Gasteiger partial charge in [0.1, 0.15) is 5.66 Å². The Labute approximate surface area is 91.3 Å². The number of anilines is 2. The summed E-state index contributed by atoms with van der Waals surface area (Å²) in [6, 6.07) is 6.50. The molecule has 1 aliphatic heterocycles. The van der Waals surface area contributed by atoms with Crippen LogP contribution < -0.4 is 16.0 Å². The number of nitrogens with zero attached hydrogens (tertiary/aromatic N) is 1. The van der Waals surface area contributed by atoms with Gasteiger partial charge in [0.25, 0.3) is 0 Å². The Kier molecular flexibility index (Phi) is 2.35. The molecule has 2 rings (SSSR count). The minimum absolute atomic E-state index is 0.0322. The predicted octanol–water partition coefficient (Wildman–Crippen LogP) is 1.92. The second-order valence-electron chi connectivity index (χ2n) is 4.64. The van der Waals surface area contributed by atoms with E-state index in [0.717, 1.165) is 6.54 Å². The molecular weight excluding hydrogens is 186 g/mol. The Morgan fingerprint density at radius 3 is 2.80 bits per heavy atom. The van der Waals surface area contributed by atoms with Gasteiger partial charge in [-0.3, -0.25) is 0 Å². The summed E-state index contributed by atoms with van der Waals surface area (Å²) >= 11 is 0. The maximum atomic E-state index is 5.65. The summed E-state index contributed by atoms with van der Waals surface area (Å²) in [5.74, 6) is 0. The van der Waals surface area contributed by atoms with Crippen LogP contribution in [0.3, 0.4) is 0 Å². The molecule has 3 nitrogen and oxygen atoms in total. The third kappa shape index (κ3) is 1.67. The molecule has 0 atom stereocenters. The Morgan fingerprint density at radius 2 is 2.13 bits per heavy atom. The first-order valence-electron chi connectivity index (χ1n) is 5.41. The highest BCUT2D eigenvalue weighted by Crippen LogP contribution is 2.39. The molecule has 3 N–H and O–H groups in total. The second kappa shape index (κ2) is 3.42. The van der Waals surface area contributed by atoms with Crippen molar-refractivity contribution >= 4 is 11.4 Å². The van der Waals surface area contributed by atoms with Crippen LogP contribution in [0.2, 0.25) is 0 Å². The van der Waals surface area contributed by atoms with Crippen LogP contribution in [0.4, 0.5) is 11.4 Å². The molecule has 0 fully saturated rings. The summed E-state index contributed by atoms with van der Waals surface area (Å²) in [6.07, 6.45) is 0. The molecule has 1 aliphatic rings. The summed E-state index contributed by atoms with van der Waals surface area (Å²) in [5, 5.41) is 3.52. The smallest absolute Gasteiger partial charge is 0.105 e. The molecular formula is C12H19N3. The van der Waals surface area contributed by atoms with Crippen molar-refractivity contribution < 1.29 is 0 Å². The molecule has 0 saturated heterocycles. The SMILES string of the molecule is Cc1ccc2c(c1)NC(C)(C)N2CCN. The van der Waals surface area contributed by atoms with Crippen molar-refractivity contribution in [3.05, 3.63) is 23.8 Å². The highest BCUT2D eigenvalue weighted by atomic mass is 15.4. The van der Waals surface area contributed by atoms with Gasteiger partial charge in [-0.2, -0.15) is 0 Å². The number of hydrogen-bond acceptors (Lipinski definition) is 3. The lowest BCUT2D eigenvalue weighted by Crippen LogP contribution is -2.47. The van der Waals surface area contributed by atoms with Crippen LogP contribution in [0.5, 0.6) is 0 Å². The van der Waals surface area contributed by atoms with E-state index in [9.17, 15) is 0 Å². The van der Waals surface area contributed by atoms with E-state index in [2.05, 4.69) is 49.2 Å². The molecule has 0 bridgehead atoms. The highest BCUT2D eigenvalue weighted by molar-refractivity contribution is 5.78. The van der Waals surface area contributed by atoms with Crippen molar-refractivity contribution in [2.75, 3.05) is 23.3 Å². The van der Waals surface area contributed by atoms with Gasteiger partial charge in [-0.05, 0) is 38.5 Å².